The minimum absolute atomic E-state index is 0.0349. The van der Waals surface area contributed by atoms with Crippen LogP contribution in [0, 0.1) is 0 Å². The van der Waals surface area contributed by atoms with E-state index in [9.17, 15) is 18.0 Å². The number of ether oxygens (including phenoxy) is 1. The molecule has 3 amide bonds. The zero-order chi connectivity index (χ0) is 22.0. The van der Waals surface area contributed by atoms with Gasteiger partial charge in [-0.2, -0.15) is 0 Å². The van der Waals surface area contributed by atoms with Gasteiger partial charge in [-0.3, -0.25) is 4.79 Å². The van der Waals surface area contributed by atoms with E-state index in [1.165, 1.54) is 12.1 Å². The number of urea groups is 1. The quantitative estimate of drug-likeness (QED) is 0.694. The SMILES string of the molecule is COc1ccc(NC(=O)N2CCN(C(=O)c3ccc(S(=O)(=O)NC4CC4)o3)CC2)cc1. The van der Waals surface area contributed by atoms with Crippen molar-refractivity contribution in [1.82, 2.24) is 14.5 Å². The lowest BCUT2D eigenvalue weighted by Crippen LogP contribution is -2.51. The average Bonchev–Trinajstić information content (AvgIpc) is 3.42. The number of furan rings is 1. The molecule has 2 fully saturated rings. The molecule has 4 rings (SSSR count). The van der Waals surface area contributed by atoms with Crippen LogP contribution in [0.5, 0.6) is 5.75 Å². The summed E-state index contributed by atoms with van der Waals surface area (Å²) in [6, 6.07) is 9.35. The first kappa shape index (κ1) is 21.2. The molecule has 31 heavy (non-hydrogen) atoms. The monoisotopic (exact) mass is 448 g/mol. The zero-order valence-corrected chi connectivity index (χ0v) is 17.9. The molecule has 0 radical (unpaired) electrons. The number of rotatable bonds is 6. The molecule has 0 spiro atoms. The third kappa shape index (κ3) is 5.00. The van der Waals surface area contributed by atoms with Crippen molar-refractivity contribution in [2.24, 2.45) is 0 Å². The normalized spacial score (nSPS) is 16.8. The van der Waals surface area contributed by atoms with E-state index in [4.69, 9.17) is 9.15 Å². The second kappa shape index (κ2) is 8.60. The molecule has 1 aliphatic heterocycles. The minimum Gasteiger partial charge on any atom is -0.497 e. The molecule has 2 aromatic rings. The summed E-state index contributed by atoms with van der Waals surface area (Å²) in [5.74, 6) is 0.262. The van der Waals surface area contributed by atoms with Crippen molar-refractivity contribution in [3.63, 3.8) is 0 Å². The van der Waals surface area contributed by atoms with E-state index in [1.54, 1.807) is 41.2 Å². The van der Waals surface area contributed by atoms with Crippen molar-refractivity contribution >= 4 is 27.6 Å². The summed E-state index contributed by atoms with van der Waals surface area (Å²) in [4.78, 5) is 28.3. The van der Waals surface area contributed by atoms with E-state index < -0.39 is 15.9 Å². The summed E-state index contributed by atoms with van der Waals surface area (Å²) >= 11 is 0. The van der Waals surface area contributed by atoms with Crippen molar-refractivity contribution < 1.29 is 27.2 Å². The highest BCUT2D eigenvalue weighted by atomic mass is 32.2. The van der Waals surface area contributed by atoms with Crippen LogP contribution in [-0.2, 0) is 10.0 Å². The zero-order valence-electron chi connectivity index (χ0n) is 17.0. The second-order valence-electron chi connectivity index (χ2n) is 7.45. The van der Waals surface area contributed by atoms with Crippen molar-refractivity contribution in [3.8, 4) is 5.75 Å². The van der Waals surface area contributed by atoms with E-state index in [0.717, 1.165) is 12.8 Å². The highest BCUT2D eigenvalue weighted by Gasteiger charge is 2.31. The third-order valence-electron chi connectivity index (χ3n) is 5.15. The van der Waals surface area contributed by atoms with Gasteiger partial charge in [-0.25, -0.2) is 17.9 Å². The van der Waals surface area contributed by atoms with Gasteiger partial charge in [0.1, 0.15) is 5.75 Å². The molecule has 0 unspecified atom stereocenters. The predicted octanol–water partition coefficient (Wildman–Crippen LogP) is 1.72. The lowest BCUT2D eigenvalue weighted by Gasteiger charge is -2.34. The highest BCUT2D eigenvalue weighted by Crippen LogP contribution is 2.23. The number of hydrogen-bond donors (Lipinski definition) is 2. The van der Waals surface area contributed by atoms with Gasteiger partial charge in [0, 0.05) is 37.9 Å². The summed E-state index contributed by atoms with van der Waals surface area (Å²) in [6.07, 6.45) is 1.62. The number of hydrogen-bond acceptors (Lipinski definition) is 6. The maximum absolute atomic E-state index is 12.7. The van der Waals surface area contributed by atoms with Gasteiger partial charge in [-0.1, -0.05) is 0 Å². The molecule has 11 heteroatoms. The third-order valence-corrected chi connectivity index (χ3v) is 6.54. The number of carbonyl (C=O) groups is 2. The lowest BCUT2D eigenvalue weighted by atomic mass is 10.3. The van der Waals surface area contributed by atoms with Crippen LogP contribution in [-0.4, -0.2) is 69.5 Å². The van der Waals surface area contributed by atoms with E-state index in [2.05, 4.69) is 10.0 Å². The van der Waals surface area contributed by atoms with Gasteiger partial charge in [0.25, 0.3) is 15.9 Å². The van der Waals surface area contributed by atoms with Crippen molar-refractivity contribution in [1.29, 1.82) is 0 Å². The molecular formula is C20H24N4O6S. The Morgan fingerprint density at radius 3 is 2.26 bits per heavy atom. The van der Waals surface area contributed by atoms with Crippen molar-refractivity contribution in [3.05, 3.63) is 42.2 Å². The largest absolute Gasteiger partial charge is 0.497 e. The van der Waals surface area contributed by atoms with Gasteiger partial charge in [0.15, 0.2) is 5.76 Å². The molecule has 1 aliphatic carbocycles. The Hall–Kier alpha value is -3.05. The van der Waals surface area contributed by atoms with E-state index in [1.807, 2.05) is 0 Å². The van der Waals surface area contributed by atoms with E-state index in [0.29, 0.717) is 37.6 Å². The van der Waals surface area contributed by atoms with Gasteiger partial charge in [0.05, 0.1) is 7.11 Å². The Morgan fingerprint density at radius 1 is 1.00 bits per heavy atom. The predicted molar refractivity (Wildman–Crippen MR) is 112 cm³/mol. The number of methoxy groups -OCH3 is 1. The molecule has 0 atom stereocenters. The average molecular weight is 449 g/mol. The van der Waals surface area contributed by atoms with Crippen LogP contribution in [0.15, 0.2) is 45.9 Å². The van der Waals surface area contributed by atoms with Gasteiger partial charge < -0.3 is 24.3 Å². The Balaban J connectivity index is 1.31. The van der Waals surface area contributed by atoms with Gasteiger partial charge >= 0.3 is 6.03 Å². The Labute approximate surface area is 180 Å². The second-order valence-corrected chi connectivity index (χ2v) is 9.10. The minimum atomic E-state index is -3.75. The Bertz CT molecular complexity index is 1050. The maximum Gasteiger partial charge on any atom is 0.321 e. The lowest BCUT2D eigenvalue weighted by molar-refractivity contribution is 0.0635. The van der Waals surface area contributed by atoms with Crippen LogP contribution in [0.1, 0.15) is 23.4 Å². The standard InChI is InChI=1S/C20H24N4O6S/c1-29-16-6-4-14(5-7-16)21-20(26)24-12-10-23(11-13-24)19(25)17-8-9-18(30-17)31(27,28)22-15-2-3-15/h4-9,15,22H,2-3,10-13H2,1H3,(H,21,26). The fraction of sp³-hybridized carbons (Fsp3) is 0.400. The van der Waals surface area contributed by atoms with Crippen molar-refractivity contribution in [2.45, 2.75) is 24.0 Å². The molecule has 166 valence electrons. The molecule has 2 aliphatic rings. The first-order valence-corrected chi connectivity index (χ1v) is 11.5. The summed E-state index contributed by atoms with van der Waals surface area (Å²) in [6.45, 7) is 1.33. The van der Waals surface area contributed by atoms with Crippen molar-refractivity contribution in [2.75, 3.05) is 38.6 Å². The van der Waals surface area contributed by atoms with Gasteiger partial charge in [0.2, 0.25) is 5.09 Å². The van der Waals surface area contributed by atoms with E-state index in [-0.39, 0.29) is 22.9 Å². The molecule has 1 saturated carbocycles. The van der Waals surface area contributed by atoms with Gasteiger partial charge in [-0.05, 0) is 49.2 Å². The van der Waals surface area contributed by atoms with Crippen LogP contribution in [0.3, 0.4) is 0 Å². The first-order valence-electron chi connectivity index (χ1n) is 9.97. The number of nitrogens with zero attached hydrogens (tertiary/aromatic N) is 2. The molecule has 1 aromatic heterocycles. The Kier molecular flexibility index (Phi) is 5.88. The molecule has 1 saturated heterocycles. The smallest absolute Gasteiger partial charge is 0.321 e. The number of carbonyl (C=O) groups excluding carboxylic acids is 2. The number of nitrogens with one attached hydrogen (secondary N) is 2. The Morgan fingerprint density at radius 2 is 1.65 bits per heavy atom. The molecule has 10 nitrogen and oxygen atoms in total. The number of piperazine rings is 1. The van der Waals surface area contributed by atoms with Gasteiger partial charge in [-0.15, -0.1) is 0 Å². The fourth-order valence-corrected chi connectivity index (χ4v) is 4.44. The summed E-state index contributed by atoms with van der Waals surface area (Å²) in [5, 5.41) is 2.55. The summed E-state index contributed by atoms with van der Waals surface area (Å²) < 4.78 is 37.4. The molecule has 1 aromatic carbocycles. The van der Waals surface area contributed by atoms with Crippen LogP contribution < -0.4 is 14.8 Å². The van der Waals surface area contributed by atoms with Crippen LogP contribution in [0.25, 0.3) is 0 Å². The molecule has 2 heterocycles. The number of anilines is 1. The van der Waals surface area contributed by atoms with Crippen LogP contribution in [0.2, 0.25) is 0 Å². The number of amides is 3. The molecule has 2 N–H and O–H groups in total. The van der Waals surface area contributed by atoms with Crippen LogP contribution in [0.4, 0.5) is 10.5 Å². The van der Waals surface area contributed by atoms with E-state index >= 15 is 0 Å². The fourth-order valence-electron chi connectivity index (χ4n) is 3.20. The maximum atomic E-state index is 12.7. The summed E-state index contributed by atoms with van der Waals surface area (Å²) in [7, 11) is -2.18. The molecular weight excluding hydrogens is 424 g/mol. The summed E-state index contributed by atoms with van der Waals surface area (Å²) in [5.41, 5.74) is 0.647. The van der Waals surface area contributed by atoms with Crippen LogP contribution >= 0.6 is 0 Å². The molecule has 0 bridgehead atoms. The highest BCUT2D eigenvalue weighted by molar-refractivity contribution is 7.89. The topological polar surface area (TPSA) is 121 Å². The first-order chi connectivity index (χ1) is 14.9. The number of sulfonamides is 1. The number of benzene rings is 1.